The Balaban J connectivity index is 1.47. The van der Waals surface area contributed by atoms with Gasteiger partial charge in [-0.25, -0.2) is 23.7 Å². The molecule has 0 bridgehead atoms. The van der Waals surface area contributed by atoms with E-state index in [4.69, 9.17) is 4.74 Å². The fourth-order valence-corrected chi connectivity index (χ4v) is 4.61. The highest BCUT2D eigenvalue weighted by Gasteiger charge is 2.40. The topological polar surface area (TPSA) is 83.5 Å². The summed E-state index contributed by atoms with van der Waals surface area (Å²) < 4.78 is 33.4. The number of aromatic nitrogens is 3. The molecule has 2 saturated heterocycles. The third kappa shape index (κ3) is 5.09. The number of hydrogen-bond acceptors (Lipinski definition) is 7. The summed E-state index contributed by atoms with van der Waals surface area (Å²) in [4.78, 5) is 29.8. The van der Waals surface area contributed by atoms with Crippen molar-refractivity contribution in [2.24, 2.45) is 0 Å². The molecule has 5 rings (SSSR count). The first-order valence-corrected chi connectivity index (χ1v) is 11.9. The Morgan fingerprint density at radius 2 is 1.74 bits per heavy atom. The number of morpholine rings is 1. The van der Waals surface area contributed by atoms with E-state index in [-0.39, 0.29) is 18.5 Å². The number of nitrogens with one attached hydrogen (secondary N) is 1. The van der Waals surface area contributed by atoms with Gasteiger partial charge in [0.05, 0.1) is 31.0 Å². The monoisotopic (exact) mass is 498 g/mol. The van der Waals surface area contributed by atoms with Crippen LogP contribution in [0.5, 0.6) is 0 Å². The number of alkyl halides is 2. The van der Waals surface area contributed by atoms with Gasteiger partial charge in [-0.1, -0.05) is 24.3 Å². The van der Waals surface area contributed by atoms with Crippen LogP contribution in [0, 0.1) is 0 Å². The van der Waals surface area contributed by atoms with E-state index in [0.29, 0.717) is 49.3 Å². The molecule has 1 amide bonds. The van der Waals surface area contributed by atoms with Crippen LogP contribution in [0.25, 0.3) is 11.1 Å². The van der Waals surface area contributed by atoms with Gasteiger partial charge in [-0.3, -0.25) is 4.79 Å². The Hall–Kier alpha value is -3.23. The molecule has 0 saturated carbocycles. The van der Waals surface area contributed by atoms with E-state index in [2.05, 4.69) is 29.5 Å². The van der Waals surface area contributed by atoms with Crippen LogP contribution in [0.15, 0.2) is 48.9 Å². The van der Waals surface area contributed by atoms with Gasteiger partial charge in [0.2, 0.25) is 5.95 Å². The van der Waals surface area contributed by atoms with Crippen molar-refractivity contribution in [1.82, 2.24) is 15.0 Å². The maximum Gasteiger partial charge on any atom is 0.266 e. The molecule has 0 aliphatic carbocycles. The molecule has 1 atom stereocenters. The lowest BCUT2D eigenvalue weighted by atomic mass is 10.0. The number of rotatable bonds is 5. The summed E-state index contributed by atoms with van der Waals surface area (Å²) >= 11 is 0. The summed E-state index contributed by atoms with van der Waals surface area (Å²) in [6.07, 6.45) is 4.25. The first-order valence-electron chi connectivity index (χ1n) is 11.3. The van der Waals surface area contributed by atoms with Gasteiger partial charge in [-0.2, -0.15) is 0 Å². The van der Waals surface area contributed by atoms with E-state index in [0.717, 1.165) is 10.9 Å². The average molecular weight is 498 g/mol. The molecular formula is C24H25F2N6O2P. The Kier molecular flexibility index (Phi) is 6.58. The second kappa shape index (κ2) is 9.79. The highest BCUT2D eigenvalue weighted by molar-refractivity contribution is 7.28. The van der Waals surface area contributed by atoms with E-state index < -0.39 is 18.4 Å². The molecule has 0 spiro atoms. The number of ether oxygens (including phenoxy) is 1. The van der Waals surface area contributed by atoms with Crippen LogP contribution in [0.3, 0.4) is 0 Å². The largest absolute Gasteiger partial charge is 0.378 e. The van der Waals surface area contributed by atoms with Crippen LogP contribution >= 0.6 is 9.24 Å². The van der Waals surface area contributed by atoms with Gasteiger partial charge in [0.25, 0.3) is 11.8 Å². The summed E-state index contributed by atoms with van der Waals surface area (Å²) in [5, 5.41) is 3.82. The second-order valence-corrected chi connectivity index (χ2v) is 9.12. The van der Waals surface area contributed by atoms with Crippen LogP contribution in [-0.4, -0.2) is 66.2 Å². The summed E-state index contributed by atoms with van der Waals surface area (Å²) in [5.41, 5.74) is 2.17. The third-order valence-electron chi connectivity index (χ3n) is 6.08. The van der Waals surface area contributed by atoms with E-state index in [1.165, 1.54) is 17.3 Å². The number of hydrogen-bond donors (Lipinski definition) is 1. The molecular weight excluding hydrogens is 473 g/mol. The molecule has 2 aromatic heterocycles. The molecule has 2 fully saturated rings. The molecule has 4 heterocycles. The molecule has 182 valence electrons. The zero-order valence-electron chi connectivity index (χ0n) is 19.0. The van der Waals surface area contributed by atoms with Crippen LogP contribution in [0.1, 0.15) is 16.8 Å². The van der Waals surface area contributed by atoms with Crippen molar-refractivity contribution >= 4 is 37.9 Å². The number of halogens is 2. The minimum absolute atomic E-state index is 0.145. The zero-order chi connectivity index (χ0) is 24.4. The van der Waals surface area contributed by atoms with Crippen molar-refractivity contribution in [3.05, 3.63) is 54.5 Å². The number of benzene rings is 1. The smallest absolute Gasteiger partial charge is 0.266 e. The fraction of sp³-hybridized carbons (Fsp3) is 0.333. The Morgan fingerprint density at radius 1 is 1.00 bits per heavy atom. The number of carbonyl (C=O) groups excluding carboxylic acids is 1. The van der Waals surface area contributed by atoms with E-state index in [9.17, 15) is 13.6 Å². The summed E-state index contributed by atoms with van der Waals surface area (Å²) in [6.45, 7) is 2.26. The lowest BCUT2D eigenvalue weighted by Gasteiger charge is -2.26. The highest BCUT2D eigenvalue weighted by atomic mass is 31.0. The van der Waals surface area contributed by atoms with Crippen LogP contribution in [-0.2, 0) is 4.74 Å². The van der Waals surface area contributed by atoms with Crippen molar-refractivity contribution in [2.75, 3.05) is 54.5 Å². The second-order valence-electron chi connectivity index (χ2n) is 8.50. The first kappa shape index (κ1) is 23.5. The van der Waals surface area contributed by atoms with Crippen molar-refractivity contribution in [2.45, 2.75) is 12.3 Å². The van der Waals surface area contributed by atoms with Gasteiger partial charge in [0.15, 0.2) is 5.82 Å². The fourth-order valence-electron chi connectivity index (χ4n) is 4.25. The van der Waals surface area contributed by atoms with Gasteiger partial charge >= 0.3 is 0 Å². The lowest BCUT2D eigenvalue weighted by molar-refractivity contribution is 0.0257. The van der Waals surface area contributed by atoms with Gasteiger partial charge < -0.3 is 19.9 Å². The van der Waals surface area contributed by atoms with Crippen molar-refractivity contribution in [1.29, 1.82) is 0 Å². The lowest BCUT2D eigenvalue weighted by Crippen LogP contribution is -2.37. The molecule has 2 aliphatic heterocycles. The standard InChI is InChI=1S/C24H25F2N6O2P/c25-24(26)6-8-32(15-24)21-20(18(5-7-27-21)17-3-1-2-4-19(17)35)30-22(33)16-13-28-23(29-14-16)31-9-11-34-12-10-31/h1-5,7,13-14H,6,8-12,15,35H2,(H,30,33). The number of amides is 1. The molecule has 3 aromatic rings. The molecule has 1 N–H and O–H groups in total. The summed E-state index contributed by atoms with van der Waals surface area (Å²) in [7, 11) is 2.67. The zero-order valence-corrected chi connectivity index (χ0v) is 20.1. The van der Waals surface area contributed by atoms with Crippen molar-refractivity contribution in [3.63, 3.8) is 0 Å². The SMILES string of the molecule is O=C(Nc1c(-c2ccccc2P)ccnc1N1CCC(F)(F)C1)c1cnc(N2CCOCC2)nc1. The highest BCUT2D eigenvalue weighted by Crippen LogP contribution is 2.39. The minimum atomic E-state index is -2.80. The van der Waals surface area contributed by atoms with Gasteiger partial charge in [0, 0.05) is 50.2 Å². The predicted molar refractivity (Wildman–Crippen MR) is 134 cm³/mol. The van der Waals surface area contributed by atoms with Crippen molar-refractivity contribution < 1.29 is 18.3 Å². The summed E-state index contributed by atoms with van der Waals surface area (Å²) in [6, 6.07) is 9.40. The normalized spacial score (nSPS) is 17.5. The summed E-state index contributed by atoms with van der Waals surface area (Å²) in [5.74, 6) is -2.40. The molecule has 0 radical (unpaired) electrons. The maximum atomic E-state index is 14.0. The van der Waals surface area contributed by atoms with Crippen LogP contribution < -0.4 is 20.4 Å². The van der Waals surface area contributed by atoms with E-state index in [1.807, 2.05) is 29.2 Å². The molecule has 35 heavy (non-hydrogen) atoms. The van der Waals surface area contributed by atoms with Gasteiger partial charge in [0.1, 0.15) is 0 Å². The molecule has 1 unspecified atom stereocenters. The van der Waals surface area contributed by atoms with Crippen LogP contribution in [0.2, 0.25) is 0 Å². The quantitative estimate of drug-likeness (QED) is 0.542. The Labute approximate surface area is 203 Å². The molecule has 8 nitrogen and oxygen atoms in total. The number of carbonyl (C=O) groups is 1. The molecule has 1 aromatic carbocycles. The van der Waals surface area contributed by atoms with Crippen LogP contribution in [0.4, 0.5) is 26.2 Å². The van der Waals surface area contributed by atoms with Crippen molar-refractivity contribution in [3.8, 4) is 11.1 Å². The number of pyridine rings is 1. The Bertz CT molecular complexity index is 1220. The minimum Gasteiger partial charge on any atom is -0.378 e. The average Bonchev–Trinajstić information content (AvgIpc) is 3.24. The molecule has 11 heteroatoms. The molecule has 2 aliphatic rings. The van der Waals surface area contributed by atoms with E-state index >= 15 is 0 Å². The first-order chi connectivity index (χ1) is 16.9. The number of anilines is 3. The third-order valence-corrected chi connectivity index (χ3v) is 6.59. The number of nitrogens with zero attached hydrogens (tertiary/aromatic N) is 5. The Morgan fingerprint density at radius 3 is 2.43 bits per heavy atom. The maximum absolute atomic E-state index is 14.0. The van der Waals surface area contributed by atoms with E-state index in [1.54, 1.807) is 12.3 Å². The van der Waals surface area contributed by atoms with Gasteiger partial charge in [-0.05, 0) is 16.9 Å². The van der Waals surface area contributed by atoms with Gasteiger partial charge in [-0.15, -0.1) is 9.24 Å². The predicted octanol–water partition coefficient (Wildman–Crippen LogP) is 2.97.